The lowest BCUT2D eigenvalue weighted by Crippen LogP contribution is -2.14. The first-order valence-electron chi connectivity index (χ1n) is 15.6. The molecule has 2 aromatic heterocycles. The lowest BCUT2D eigenvalue weighted by Gasteiger charge is -2.21. The van der Waals surface area contributed by atoms with Crippen LogP contribution in [-0.2, 0) is 5.41 Å². The largest absolute Gasteiger partial charge is 0.208 e. The van der Waals surface area contributed by atoms with Crippen molar-refractivity contribution in [3.63, 3.8) is 0 Å². The van der Waals surface area contributed by atoms with Crippen LogP contribution in [-0.4, -0.2) is 15.0 Å². The van der Waals surface area contributed by atoms with Gasteiger partial charge in [-0.25, -0.2) is 15.0 Å². The van der Waals surface area contributed by atoms with Gasteiger partial charge in [-0.1, -0.05) is 135 Å². The highest BCUT2D eigenvalue weighted by atomic mass is 32.1. The molecule has 1 aliphatic carbocycles. The molecule has 2 heterocycles. The third-order valence-electron chi connectivity index (χ3n) is 9.34. The van der Waals surface area contributed by atoms with Gasteiger partial charge in [-0.05, 0) is 46.0 Å². The number of rotatable bonds is 4. The first-order valence-corrected chi connectivity index (χ1v) is 16.4. The molecule has 0 saturated carbocycles. The number of nitrogens with zero attached hydrogens (tertiary/aromatic N) is 3. The molecular weight excluding hydrogens is 579 g/mol. The minimum atomic E-state index is -0.0675. The summed E-state index contributed by atoms with van der Waals surface area (Å²) in [6.07, 6.45) is 0. The summed E-state index contributed by atoms with van der Waals surface area (Å²) in [5.74, 6) is 1.99. The second kappa shape index (κ2) is 10.3. The van der Waals surface area contributed by atoms with Crippen LogP contribution in [0.25, 0.3) is 76.6 Å². The van der Waals surface area contributed by atoms with Crippen LogP contribution in [0.3, 0.4) is 0 Å². The molecule has 0 radical (unpaired) electrons. The highest BCUT2D eigenvalue weighted by Gasteiger charge is 2.37. The van der Waals surface area contributed by atoms with Crippen molar-refractivity contribution in [3.8, 4) is 56.4 Å². The Morgan fingerprint density at radius 1 is 0.457 bits per heavy atom. The molecule has 9 rings (SSSR count). The summed E-state index contributed by atoms with van der Waals surface area (Å²) in [4.78, 5) is 14.8. The fourth-order valence-corrected chi connectivity index (χ4v) is 8.24. The normalized spacial score (nSPS) is 13.2. The Morgan fingerprint density at radius 2 is 1.02 bits per heavy atom. The van der Waals surface area contributed by atoms with Crippen molar-refractivity contribution < 1.29 is 0 Å². The average Bonchev–Trinajstić information content (AvgIpc) is 3.61. The Kier molecular flexibility index (Phi) is 6.02. The summed E-state index contributed by atoms with van der Waals surface area (Å²) in [5.41, 5.74) is 10.6. The molecule has 4 heteroatoms. The summed E-state index contributed by atoms with van der Waals surface area (Å²) >= 11 is 1.91. The van der Waals surface area contributed by atoms with E-state index in [0.717, 1.165) is 22.3 Å². The average molecular weight is 608 g/mol. The zero-order valence-corrected chi connectivity index (χ0v) is 26.3. The van der Waals surface area contributed by atoms with Crippen LogP contribution in [0.4, 0.5) is 0 Å². The molecule has 3 nitrogen and oxygen atoms in total. The van der Waals surface area contributed by atoms with Gasteiger partial charge in [-0.3, -0.25) is 0 Å². The van der Waals surface area contributed by atoms with Gasteiger partial charge in [0.25, 0.3) is 0 Å². The van der Waals surface area contributed by atoms with E-state index in [2.05, 4.69) is 92.7 Å². The second-order valence-corrected chi connectivity index (χ2v) is 13.5. The van der Waals surface area contributed by atoms with Gasteiger partial charge in [0.1, 0.15) is 0 Å². The first kappa shape index (κ1) is 26.9. The van der Waals surface area contributed by atoms with Gasteiger partial charge in [0.05, 0.1) is 0 Å². The van der Waals surface area contributed by atoms with E-state index in [-0.39, 0.29) is 5.41 Å². The Hall–Kier alpha value is -5.45. The molecule has 0 bridgehead atoms. The molecule has 0 aliphatic heterocycles. The van der Waals surface area contributed by atoms with Crippen molar-refractivity contribution in [2.24, 2.45) is 0 Å². The fraction of sp³-hybridized carbons (Fsp3) is 0.0714. The van der Waals surface area contributed by atoms with Crippen LogP contribution < -0.4 is 0 Å². The summed E-state index contributed by atoms with van der Waals surface area (Å²) in [7, 11) is 0. The third kappa shape index (κ3) is 4.22. The van der Waals surface area contributed by atoms with Crippen molar-refractivity contribution >= 4 is 31.5 Å². The molecule has 46 heavy (non-hydrogen) atoms. The van der Waals surface area contributed by atoms with E-state index in [1.165, 1.54) is 48.0 Å². The predicted octanol–water partition coefficient (Wildman–Crippen LogP) is 11.2. The van der Waals surface area contributed by atoms with Crippen LogP contribution in [0.2, 0.25) is 0 Å². The van der Waals surface area contributed by atoms with Crippen molar-refractivity contribution in [1.82, 2.24) is 15.0 Å². The van der Waals surface area contributed by atoms with Crippen LogP contribution >= 0.6 is 11.3 Å². The molecule has 1 aliphatic rings. The van der Waals surface area contributed by atoms with E-state index in [1.54, 1.807) is 0 Å². The van der Waals surface area contributed by atoms with E-state index in [1.807, 2.05) is 72.0 Å². The molecule has 0 amide bonds. The van der Waals surface area contributed by atoms with Crippen LogP contribution in [0, 0.1) is 0 Å². The van der Waals surface area contributed by atoms with Gasteiger partial charge in [0.15, 0.2) is 17.5 Å². The molecule has 0 N–H and O–H groups in total. The van der Waals surface area contributed by atoms with Gasteiger partial charge in [-0.2, -0.15) is 0 Å². The van der Waals surface area contributed by atoms with Crippen molar-refractivity contribution in [1.29, 1.82) is 0 Å². The Labute approximate surface area is 271 Å². The number of aromatic nitrogens is 3. The maximum atomic E-state index is 4.97. The molecule has 0 unspecified atom stereocenters. The SMILES string of the molecule is CC1(C)c2ccc(-c3cccc(-c4nc(-c5ccccc5)nc(-c5ccccc5)n4)c3)cc2-c2c1ccc1c2sc2ccccc21. The number of thiophene rings is 1. The number of fused-ring (bicyclic) bond motifs is 7. The third-order valence-corrected chi connectivity index (χ3v) is 10.5. The van der Waals surface area contributed by atoms with Gasteiger partial charge >= 0.3 is 0 Å². The summed E-state index contributed by atoms with van der Waals surface area (Å²) in [6.45, 7) is 4.71. The standard InChI is InChI=1S/C42H29N3S/c1-42(2)34-22-20-29(25-33(34)37-35(42)23-21-32-31-18-9-10-19-36(31)46-38(32)37)28-16-11-17-30(24-28)41-44-39(26-12-5-3-6-13-26)43-40(45-41)27-14-7-4-8-15-27/h3-25H,1-2H3. The molecule has 0 spiro atoms. The smallest absolute Gasteiger partial charge is 0.164 e. The van der Waals surface area contributed by atoms with Crippen LogP contribution in [0.5, 0.6) is 0 Å². The second-order valence-electron chi connectivity index (χ2n) is 12.5. The van der Waals surface area contributed by atoms with Crippen molar-refractivity contribution in [3.05, 3.63) is 151 Å². The van der Waals surface area contributed by atoms with E-state index in [9.17, 15) is 0 Å². The van der Waals surface area contributed by atoms with Gasteiger partial charge in [0, 0.05) is 47.8 Å². The summed E-state index contributed by atoms with van der Waals surface area (Å²) in [5, 5.41) is 2.68. The topological polar surface area (TPSA) is 38.7 Å². The number of hydrogen-bond donors (Lipinski definition) is 0. The molecule has 6 aromatic carbocycles. The number of benzene rings is 6. The molecule has 0 fully saturated rings. The van der Waals surface area contributed by atoms with E-state index in [0.29, 0.717) is 17.5 Å². The molecule has 218 valence electrons. The highest BCUT2D eigenvalue weighted by Crippen LogP contribution is 2.54. The first-order chi connectivity index (χ1) is 22.5. The van der Waals surface area contributed by atoms with Crippen molar-refractivity contribution in [2.75, 3.05) is 0 Å². The Morgan fingerprint density at radius 3 is 1.74 bits per heavy atom. The maximum absolute atomic E-state index is 4.97. The van der Waals surface area contributed by atoms with Crippen LogP contribution in [0.1, 0.15) is 25.0 Å². The summed E-state index contributed by atoms with van der Waals surface area (Å²) in [6, 6.07) is 49.3. The lowest BCUT2D eigenvalue weighted by molar-refractivity contribution is 0.661. The highest BCUT2D eigenvalue weighted by molar-refractivity contribution is 7.26. The van der Waals surface area contributed by atoms with Crippen molar-refractivity contribution in [2.45, 2.75) is 19.3 Å². The molecular formula is C42H29N3S. The number of hydrogen-bond acceptors (Lipinski definition) is 4. The zero-order valence-electron chi connectivity index (χ0n) is 25.5. The Bertz CT molecular complexity index is 2380. The van der Waals surface area contributed by atoms with Gasteiger partial charge < -0.3 is 0 Å². The minimum Gasteiger partial charge on any atom is -0.208 e. The monoisotopic (exact) mass is 607 g/mol. The van der Waals surface area contributed by atoms with Crippen LogP contribution in [0.15, 0.2) is 140 Å². The zero-order chi connectivity index (χ0) is 30.8. The van der Waals surface area contributed by atoms with Gasteiger partial charge in [-0.15, -0.1) is 11.3 Å². The van der Waals surface area contributed by atoms with E-state index < -0.39 is 0 Å². The minimum absolute atomic E-state index is 0.0675. The Balaban J connectivity index is 1.19. The molecule has 8 aromatic rings. The quantitative estimate of drug-likeness (QED) is 0.200. The van der Waals surface area contributed by atoms with E-state index >= 15 is 0 Å². The van der Waals surface area contributed by atoms with E-state index in [4.69, 9.17) is 15.0 Å². The predicted molar refractivity (Wildman–Crippen MR) is 192 cm³/mol. The van der Waals surface area contributed by atoms with Gasteiger partial charge in [0.2, 0.25) is 0 Å². The molecule has 0 atom stereocenters. The summed E-state index contributed by atoms with van der Waals surface area (Å²) < 4.78 is 2.71. The maximum Gasteiger partial charge on any atom is 0.164 e. The molecule has 0 saturated heterocycles. The lowest BCUT2D eigenvalue weighted by atomic mass is 9.82. The fourth-order valence-electron chi connectivity index (χ4n) is 6.97.